The molecule has 144 valence electrons. The molecule has 0 aliphatic carbocycles. The van der Waals surface area contributed by atoms with E-state index in [9.17, 15) is 13.2 Å². The molecule has 0 unspecified atom stereocenters. The van der Waals surface area contributed by atoms with Gasteiger partial charge in [0.25, 0.3) is 0 Å². The number of anilines is 1. The van der Waals surface area contributed by atoms with Crippen molar-refractivity contribution >= 4 is 21.8 Å². The molecule has 0 bridgehead atoms. The van der Waals surface area contributed by atoms with Crippen molar-refractivity contribution in [3.8, 4) is 5.75 Å². The van der Waals surface area contributed by atoms with Crippen LogP contribution in [0.25, 0.3) is 0 Å². The molecule has 0 radical (unpaired) electrons. The van der Waals surface area contributed by atoms with Gasteiger partial charge in [-0.2, -0.15) is 8.42 Å². The zero-order valence-corrected chi connectivity index (χ0v) is 16.4. The summed E-state index contributed by atoms with van der Waals surface area (Å²) in [7, 11) is -3.92. The van der Waals surface area contributed by atoms with Crippen LogP contribution in [0.2, 0.25) is 0 Å². The third-order valence-electron chi connectivity index (χ3n) is 4.51. The number of carbonyl (C=O) groups is 1. The van der Waals surface area contributed by atoms with Gasteiger partial charge < -0.3 is 9.08 Å². The van der Waals surface area contributed by atoms with Gasteiger partial charge in [0, 0.05) is 25.3 Å². The lowest BCUT2D eigenvalue weighted by molar-refractivity contribution is 0.220. The Balaban J connectivity index is 1.72. The minimum atomic E-state index is -3.92. The van der Waals surface area contributed by atoms with Crippen LogP contribution in [0.3, 0.4) is 0 Å². The summed E-state index contributed by atoms with van der Waals surface area (Å²) in [5.41, 5.74) is 1.60. The Morgan fingerprint density at radius 3 is 2.48 bits per heavy atom. The molecule has 1 aliphatic heterocycles. The molecule has 1 saturated heterocycles. The summed E-state index contributed by atoms with van der Waals surface area (Å²) in [5.74, 6) is 0.278. The molecule has 3 rings (SSSR count). The molecular formula is C20H24N2O4S. The highest BCUT2D eigenvalue weighted by Gasteiger charge is 2.29. The summed E-state index contributed by atoms with van der Waals surface area (Å²) in [6, 6.07) is 13.1. The molecule has 0 saturated carbocycles. The van der Waals surface area contributed by atoms with Crippen LogP contribution in [-0.2, 0) is 10.1 Å². The van der Waals surface area contributed by atoms with Gasteiger partial charge in [-0.25, -0.2) is 4.79 Å². The minimum Gasteiger partial charge on any atom is -0.379 e. The summed E-state index contributed by atoms with van der Waals surface area (Å²) < 4.78 is 30.1. The maximum absolute atomic E-state index is 12.5. The molecule has 0 aromatic heterocycles. The number of aryl methyl sites for hydroxylation is 1. The summed E-state index contributed by atoms with van der Waals surface area (Å²) in [6.07, 6.45) is 2.02. The summed E-state index contributed by atoms with van der Waals surface area (Å²) in [6.45, 7) is 6.01. The maximum Gasteiger partial charge on any atom is 0.339 e. The van der Waals surface area contributed by atoms with Crippen molar-refractivity contribution in [3.63, 3.8) is 0 Å². The predicted octanol–water partition coefficient (Wildman–Crippen LogP) is 3.80. The molecule has 0 N–H and O–H groups in total. The van der Waals surface area contributed by atoms with Crippen LogP contribution in [0.15, 0.2) is 53.4 Å². The second kappa shape index (κ2) is 8.00. The Morgan fingerprint density at radius 1 is 1.07 bits per heavy atom. The SMILES string of the molecule is CCCCN1CCN(c2ccc(S(=O)(=O)Oc3cccc(C)c3)cc2)C1=O. The number of urea groups is 1. The van der Waals surface area contributed by atoms with Gasteiger partial charge in [-0.05, 0) is 55.3 Å². The van der Waals surface area contributed by atoms with Gasteiger partial charge in [0.2, 0.25) is 0 Å². The minimum absolute atomic E-state index is 0.0323. The Bertz CT molecular complexity index is 910. The number of nitrogens with zero attached hydrogens (tertiary/aromatic N) is 2. The maximum atomic E-state index is 12.5. The van der Waals surface area contributed by atoms with E-state index in [1.54, 1.807) is 35.2 Å². The summed E-state index contributed by atoms with van der Waals surface area (Å²) in [4.78, 5) is 16.0. The molecule has 1 fully saturated rings. The number of hydrogen-bond donors (Lipinski definition) is 0. The number of benzene rings is 2. The van der Waals surface area contributed by atoms with E-state index in [-0.39, 0.29) is 16.7 Å². The standard InChI is InChI=1S/C20H24N2O4S/c1-3-4-12-21-13-14-22(20(21)23)17-8-10-19(11-9-17)27(24,25)26-18-7-5-6-16(2)15-18/h5-11,15H,3-4,12-14H2,1-2H3. The van der Waals surface area contributed by atoms with Crippen molar-refractivity contribution in [1.82, 2.24) is 4.90 Å². The second-order valence-electron chi connectivity index (χ2n) is 6.62. The van der Waals surface area contributed by atoms with E-state index in [0.29, 0.717) is 18.8 Å². The topological polar surface area (TPSA) is 66.9 Å². The molecule has 2 aromatic carbocycles. The van der Waals surface area contributed by atoms with Gasteiger partial charge in [0.05, 0.1) is 0 Å². The first-order valence-electron chi connectivity index (χ1n) is 9.08. The fourth-order valence-electron chi connectivity index (χ4n) is 3.01. The zero-order valence-electron chi connectivity index (χ0n) is 15.6. The van der Waals surface area contributed by atoms with Crippen LogP contribution in [0, 0.1) is 6.92 Å². The molecule has 0 spiro atoms. The first kappa shape index (κ1) is 19.2. The zero-order chi connectivity index (χ0) is 19.4. The van der Waals surface area contributed by atoms with E-state index in [4.69, 9.17) is 4.18 Å². The number of carbonyl (C=O) groups excluding carboxylic acids is 1. The molecule has 1 aliphatic rings. The van der Waals surface area contributed by atoms with Crippen molar-refractivity contribution in [2.45, 2.75) is 31.6 Å². The number of unbranched alkanes of at least 4 members (excludes halogenated alkanes) is 1. The van der Waals surface area contributed by atoms with Crippen molar-refractivity contribution < 1.29 is 17.4 Å². The highest BCUT2D eigenvalue weighted by molar-refractivity contribution is 7.87. The Hall–Kier alpha value is -2.54. The fraction of sp³-hybridized carbons (Fsp3) is 0.350. The molecule has 0 atom stereocenters. The van der Waals surface area contributed by atoms with Crippen LogP contribution >= 0.6 is 0 Å². The first-order chi connectivity index (χ1) is 12.9. The van der Waals surface area contributed by atoms with Crippen LogP contribution in [0.1, 0.15) is 25.3 Å². The first-order valence-corrected chi connectivity index (χ1v) is 10.5. The van der Waals surface area contributed by atoms with Crippen molar-refractivity contribution in [1.29, 1.82) is 0 Å². The quantitative estimate of drug-likeness (QED) is 0.677. The predicted molar refractivity (Wildman–Crippen MR) is 105 cm³/mol. The average Bonchev–Trinajstić information content (AvgIpc) is 3.00. The lowest BCUT2D eigenvalue weighted by Crippen LogP contribution is -2.32. The normalized spacial score (nSPS) is 14.7. The third-order valence-corrected chi connectivity index (χ3v) is 5.77. The smallest absolute Gasteiger partial charge is 0.339 e. The molecule has 1 heterocycles. The monoisotopic (exact) mass is 388 g/mol. The highest BCUT2D eigenvalue weighted by Crippen LogP contribution is 2.24. The molecular weight excluding hydrogens is 364 g/mol. The van der Waals surface area contributed by atoms with Crippen molar-refractivity contribution in [2.24, 2.45) is 0 Å². The molecule has 6 nitrogen and oxygen atoms in total. The van der Waals surface area contributed by atoms with Gasteiger partial charge in [0.1, 0.15) is 10.6 Å². The Labute approximate surface area is 160 Å². The van der Waals surface area contributed by atoms with E-state index in [1.807, 2.05) is 17.9 Å². The van der Waals surface area contributed by atoms with E-state index in [1.165, 1.54) is 12.1 Å². The van der Waals surface area contributed by atoms with E-state index >= 15 is 0 Å². The van der Waals surface area contributed by atoms with Crippen molar-refractivity contribution in [2.75, 3.05) is 24.5 Å². The van der Waals surface area contributed by atoms with Crippen molar-refractivity contribution in [3.05, 3.63) is 54.1 Å². The Morgan fingerprint density at radius 2 is 1.81 bits per heavy atom. The van der Waals surface area contributed by atoms with Gasteiger partial charge in [-0.15, -0.1) is 0 Å². The number of hydrogen-bond acceptors (Lipinski definition) is 4. The van der Waals surface area contributed by atoms with Crippen LogP contribution in [-0.4, -0.2) is 39.0 Å². The third kappa shape index (κ3) is 4.42. The van der Waals surface area contributed by atoms with Gasteiger partial charge in [-0.1, -0.05) is 25.5 Å². The molecule has 2 amide bonds. The lowest BCUT2D eigenvalue weighted by atomic mass is 10.2. The largest absolute Gasteiger partial charge is 0.379 e. The van der Waals surface area contributed by atoms with E-state index in [0.717, 1.165) is 24.9 Å². The van der Waals surface area contributed by atoms with Gasteiger partial charge >= 0.3 is 16.1 Å². The number of amides is 2. The highest BCUT2D eigenvalue weighted by atomic mass is 32.2. The average molecular weight is 388 g/mol. The van der Waals surface area contributed by atoms with Gasteiger partial charge in [-0.3, -0.25) is 4.90 Å². The molecule has 27 heavy (non-hydrogen) atoms. The fourth-order valence-corrected chi connectivity index (χ4v) is 3.94. The number of rotatable bonds is 7. The van der Waals surface area contributed by atoms with E-state index in [2.05, 4.69) is 6.92 Å². The lowest BCUT2D eigenvalue weighted by Gasteiger charge is -2.18. The van der Waals surface area contributed by atoms with Crippen LogP contribution in [0.5, 0.6) is 5.75 Å². The second-order valence-corrected chi connectivity index (χ2v) is 8.17. The van der Waals surface area contributed by atoms with Crippen LogP contribution < -0.4 is 9.08 Å². The van der Waals surface area contributed by atoms with Crippen LogP contribution in [0.4, 0.5) is 10.5 Å². The molecule has 2 aromatic rings. The Kier molecular flexibility index (Phi) is 5.70. The summed E-state index contributed by atoms with van der Waals surface area (Å²) >= 11 is 0. The van der Waals surface area contributed by atoms with E-state index < -0.39 is 10.1 Å². The van der Waals surface area contributed by atoms with Gasteiger partial charge in [0.15, 0.2) is 0 Å². The molecule has 7 heteroatoms. The summed E-state index contributed by atoms with van der Waals surface area (Å²) in [5, 5.41) is 0.